The van der Waals surface area contributed by atoms with Crippen LogP contribution in [0.3, 0.4) is 0 Å². The van der Waals surface area contributed by atoms with Crippen molar-refractivity contribution < 1.29 is 9.59 Å². The lowest BCUT2D eigenvalue weighted by molar-refractivity contribution is -0.118. The van der Waals surface area contributed by atoms with Gasteiger partial charge in [-0.05, 0) is 24.3 Å². The van der Waals surface area contributed by atoms with E-state index in [1.807, 2.05) is 6.92 Å². The lowest BCUT2D eigenvalue weighted by Gasteiger charge is -2.28. The fourth-order valence-corrected chi connectivity index (χ4v) is 2.21. The number of carbonyl (C=O) groups excluding carboxylic acids is 2. The third kappa shape index (κ3) is 3.98. The van der Waals surface area contributed by atoms with Crippen molar-refractivity contribution in [1.29, 1.82) is 0 Å². The first-order chi connectivity index (χ1) is 6.93. The molecule has 0 saturated heterocycles. The first-order valence-electron chi connectivity index (χ1n) is 5.67. The molecule has 0 aromatic heterocycles. The Balaban J connectivity index is 2.62. The van der Waals surface area contributed by atoms with Gasteiger partial charge in [0.15, 0.2) is 5.78 Å². The fourth-order valence-electron chi connectivity index (χ4n) is 2.21. The highest BCUT2D eigenvalue weighted by atomic mass is 16.1. The molecule has 1 aliphatic rings. The van der Waals surface area contributed by atoms with Gasteiger partial charge in [0, 0.05) is 19.3 Å². The monoisotopic (exact) mass is 208 g/mol. The molecule has 0 saturated carbocycles. The molecule has 0 unspecified atom stereocenters. The van der Waals surface area contributed by atoms with Crippen LogP contribution in [0.2, 0.25) is 0 Å². The van der Waals surface area contributed by atoms with Gasteiger partial charge in [0.25, 0.3) is 0 Å². The molecule has 0 aromatic rings. The molecule has 0 aromatic carbocycles. The molecule has 0 bridgehead atoms. The molecule has 0 spiro atoms. The van der Waals surface area contributed by atoms with Crippen molar-refractivity contribution in [2.24, 2.45) is 5.41 Å². The van der Waals surface area contributed by atoms with Crippen molar-refractivity contribution in [3.63, 3.8) is 0 Å². The van der Waals surface area contributed by atoms with E-state index in [4.69, 9.17) is 0 Å². The second-order valence-electron chi connectivity index (χ2n) is 5.25. The Morgan fingerprint density at radius 2 is 2.07 bits per heavy atom. The number of carbonyl (C=O) groups is 2. The average molecular weight is 208 g/mol. The van der Waals surface area contributed by atoms with Gasteiger partial charge < -0.3 is 0 Å². The Kier molecular flexibility index (Phi) is 3.83. The van der Waals surface area contributed by atoms with E-state index in [9.17, 15) is 9.59 Å². The third-order valence-corrected chi connectivity index (χ3v) is 2.68. The minimum absolute atomic E-state index is 0.0354. The molecule has 1 aliphatic carbocycles. The van der Waals surface area contributed by atoms with Crippen LogP contribution in [0.5, 0.6) is 0 Å². The van der Waals surface area contributed by atoms with E-state index in [2.05, 4.69) is 13.8 Å². The molecule has 1 rings (SSSR count). The van der Waals surface area contributed by atoms with Crippen molar-refractivity contribution in [3.05, 3.63) is 11.6 Å². The first kappa shape index (κ1) is 12.2. The summed E-state index contributed by atoms with van der Waals surface area (Å²) in [5.41, 5.74) is 1.06. The zero-order chi connectivity index (χ0) is 11.5. The minimum Gasteiger partial charge on any atom is -0.299 e. The van der Waals surface area contributed by atoms with Crippen LogP contribution in [-0.4, -0.2) is 11.6 Å². The summed E-state index contributed by atoms with van der Waals surface area (Å²) >= 11 is 0. The van der Waals surface area contributed by atoms with Crippen LogP contribution in [0.25, 0.3) is 0 Å². The van der Waals surface area contributed by atoms with Crippen LogP contribution in [0.15, 0.2) is 11.6 Å². The van der Waals surface area contributed by atoms with Gasteiger partial charge in [-0.25, -0.2) is 0 Å². The Morgan fingerprint density at radius 1 is 1.40 bits per heavy atom. The molecule has 0 aliphatic heterocycles. The number of Topliss-reactive ketones (excluding diaryl/α,β-unsaturated/α-hetero) is 1. The van der Waals surface area contributed by atoms with Gasteiger partial charge in [0.1, 0.15) is 5.78 Å². The van der Waals surface area contributed by atoms with Crippen molar-refractivity contribution in [2.45, 2.75) is 52.9 Å². The van der Waals surface area contributed by atoms with Crippen LogP contribution < -0.4 is 0 Å². The zero-order valence-electron chi connectivity index (χ0n) is 9.93. The lowest BCUT2D eigenvalue weighted by atomic mass is 9.75. The van der Waals surface area contributed by atoms with Crippen LogP contribution in [0.1, 0.15) is 52.9 Å². The van der Waals surface area contributed by atoms with E-state index in [1.165, 1.54) is 0 Å². The van der Waals surface area contributed by atoms with Crippen LogP contribution >= 0.6 is 0 Å². The van der Waals surface area contributed by atoms with Crippen LogP contribution in [0.4, 0.5) is 0 Å². The molecule has 2 nitrogen and oxygen atoms in total. The van der Waals surface area contributed by atoms with E-state index in [0.29, 0.717) is 19.3 Å². The number of ketones is 2. The summed E-state index contributed by atoms with van der Waals surface area (Å²) in [6.07, 6.45) is 5.17. The Hall–Kier alpha value is -0.920. The normalized spacial score (nSPS) is 19.9. The van der Waals surface area contributed by atoms with E-state index >= 15 is 0 Å². The average Bonchev–Trinajstić information content (AvgIpc) is 1.99. The SMILES string of the molecule is CCCC(=O)CC1=CC(=O)CC(C)(C)C1. The zero-order valence-corrected chi connectivity index (χ0v) is 9.93. The molecule has 15 heavy (non-hydrogen) atoms. The van der Waals surface area contributed by atoms with Crippen molar-refractivity contribution in [1.82, 2.24) is 0 Å². The van der Waals surface area contributed by atoms with Gasteiger partial charge in [-0.15, -0.1) is 0 Å². The van der Waals surface area contributed by atoms with Gasteiger partial charge in [0.05, 0.1) is 0 Å². The maximum atomic E-state index is 11.5. The molecule has 0 fully saturated rings. The largest absolute Gasteiger partial charge is 0.299 e. The van der Waals surface area contributed by atoms with Crippen molar-refractivity contribution >= 4 is 11.6 Å². The van der Waals surface area contributed by atoms with E-state index < -0.39 is 0 Å². The number of hydrogen-bond donors (Lipinski definition) is 0. The standard InChI is InChI=1S/C13H20O2/c1-4-5-11(14)6-10-7-12(15)9-13(2,3)8-10/h7H,4-6,8-9H2,1-3H3. The number of allylic oxidation sites excluding steroid dienone is 2. The molecular weight excluding hydrogens is 188 g/mol. The quantitative estimate of drug-likeness (QED) is 0.711. The van der Waals surface area contributed by atoms with Gasteiger partial charge in [-0.1, -0.05) is 26.3 Å². The number of hydrogen-bond acceptors (Lipinski definition) is 2. The highest BCUT2D eigenvalue weighted by molar-refractivity contribution is 5.93. The Labute approximate surface area is 91.7 Å². The smallest absolute Gasteiger partial charge is 0.156 e. The molecule has 0 atom stereocenters. The molecule has 2 heteroatoms. The van der Waals surface area contributed by atoms with Gasteiger partial charge in [-0.2, -0.15) is 0 Å². The summed E-state index contributed by atoms with van der Waals surface area (Å²) in [6, 6.07) is 0. The van der Waals surface area contributed by atoms with Crippen molar-refractivity contribution in [3.8, 4) is 0 Å². The molecule has 84 valence electrons. The van der Waals surface area contributed by atoms with Crippen LogP contribution in [0, 0.1) is 5.41 Å². The van der Waals surface area contributed by atoms with Crippen molar-refractivity contribution in [2.75, 3.05) is 0 Å². The lowest BCUT2D eigenvalue weighted by Crippen LogP contribution is -2.22. The first-order valence-corrected chi connectivity index (χ1v) is 5.67. The van der Waals surface area contributed by atoms with Gasteiger partial charge in [0.2, 0.25) is 0 Å². The maximum Gasteiger partial charge on any atom is 0.156 e. The van der Waals surface area contributed by atoms with Gasteiger partial charge >= 0.3 is 0 Å². The third-order valence-electron chi connectivity index (χ3n) is 2.68. The second kappa shape index (κ2) is 4.73. The fraction of sp³-hybridized carbons (Fsp3) is 0.692. The molecular formula is C13H20O2. The maximum absolute atomic E-state index is 11.5. The predicted molar refractivity (Wildman–Crippen MR) is 60.6 cm³/mol. The molecule has 0 radical (unpaired) electrons. The number of rotatable bonds is 4. The summed E-state index contributed by atoms with van der Waals surface area (Å²) in [6.45, 7) is 6.17. The van der Waals surface area contributed by atoms with E-state index in [1.54, 1.807) is 6.08 Å². The topological polar surface area (TPSA) is 34.1 Å². The molecule has 0 amide bonds. The predicted octanol–water partition coefficient (Wildman–Crippen LogP) is 3.06. The summed E-state index contributed by atoms with van der Waals surface area (Å²) in [5.74, 6) is 0.430. The summed E-state index contributed by atoms with van der Waals surface area (Å²) in [4.78, 5) is 22.9. The van der Waals surface area contributed by atoms with E-state index in [0.717, 1.165) is 18.4 Å². The van der Waals surface area contributed by atoms with Crippen LogP contribution in [-0.2, 0) is 9.59 Å². The van der Waals surface area contributed by atoms with Gasteiger partial charge in [-0.3, -0.25) is 9.59 Å². The Morgan fingerprint density at radius 3 is 2.60 bits per heavy atom. The minimum atomic E-state index is 0.0354. The summed E-state index contributed by atoms with van der Waals surface area (Å²) in [5, 5.41) is 0. The Bertz CT molecular complexity index is 298. The molecule has 0 heterocycles. The second-order valence-corrected chi connectivity index (χ2v) is 5.25. The highest BCUT2D eigenvalue weighted by Crippen LogP contribution is 2.34. The summed E-state index contributed by atoms with van der Waals surface area (Å²) in [7, 11) is 0. The van der Waals surface area contributed by atoms with E-state index in [-0.39, 0.29) is 17.0 Å². The molecule has 0 N–H and O–H groups in total. The summed E-state index contributed by atoms with van der Waals surface area (Å²) < 4.78 is 0. The highest BCUT2D eigenvalue weighted by Gasteiger charge is 2.27.